The van der Waals surface area contributed by atoms with Crippen LogP contribution in [-0.2, 0) is 10.0 Å². The molecule has 6 nitrogen and oxygen atoms in total. The van der Waals surface area contributed by atoms with E-state index in [4.69, 9.17) is 0 Å². The Balaban J connectivity index is 2.09. The molecule has 1 aliphatic heterocycles. The maximum atomic E-state index is 12.9. The van der Waals surface area contributed by atoms with Gasteiger partial charge in [0.2, 0.25) is 10.0 Å². The summed E-state index contributed by atoms with van der Waals surface area (Å²) in [5.74, 6) is 0. The highest BCUT2D eigenvalue weighted by molar-refractivity contribution is 7.89. The standard InChI is InChI=1S/C13H17N3O3S/c1-2-10-6-3-4-9-16(10)20(17,18)12-8-5-7-11-13(12)15-19-14-11/h5,7-8,10H,2-4,6,9H2,1H3/t10-/m1/s1. The van der Waals surface area contributed by atoms with Crippen LogP contribution in [0.15, 0.2) is 27.7 Å². The molecule has 2 aromatic rings. The Labute approximate surface area is 117 Å². The van der Waals surface area contributed by atoms with E-state index in [-0.39, 0.29) is 10.9 Å². The summed E-state index contributed by atoms with van der Waals surface area (Å²) < 4.78 is 32.0. The van der Waals surface area contributed by atoms with Crippen molar-refractivity contribution in [1.29, 1.82) is 0 Å². The second kappa shape index (κ2) is 5.14. The van der Waals surface area contributed by atoms with Gasteiger partial charge in [-0.15, -0.1) is 0 Å². The summed E-state index contributed by atoms with van der Waals surface area (Å²) in [6, 6.07) is 5.01. The average molecular weight is 295 g/mol. The van der Waals surface area contributed by atoms with E-state index < -0.39 is 10.0 Å². The molecule has 7 heteroatoms. The predicted molar refractivity (Wildman–Crippen MR) is 73.6 cm³/mol. The molecule has 1 aromatic heterocycles. The van der Waals surface area contributed by atoms with Crippen molar-refractivity contribution in [2.75, 3.05) is 6.54 Å². The minimum Gasteiger partial charge on any atom is -0.243 e. The lowest BCUT2D eigenvalue weighted by molar-refractivity contribution is 0.246. The van der Waals surface area contributed by atoms with Crippen LogP contribution in [0.4, 0.5) is 0 Å². The van der Waals surface area contributed by atoms with Gasteiger partial charge in [-0.2, -0.15) is 4.31 Å². The highest BCUT2D eigenvalue weighted by atomic mass is 32.2. The summed E-state index contributed by atoms with van der Waals surface area (Å²) >= 11 is 0. The van der Waals surface area contributed by atoms with Crippen LogP contribution < -0.4 is 0 Å². The van der Waals surface area contributed by atoms with Crippen LogP contribution in [0.2, 0.25) is 0 Å². The molecule has 0 N–H and O–H groups in total. The molecule has 1 aliphatic rings. The molecule has 0 saturated carbocycles. The van der Waals surface area contributed by atoms with E-state index in [0.29, 0.717) is 17.6 Å². The quantitative estimate of drug-likeness (QED) is 0.867. The van der Waals surface area contributed by atoms with Crippen molar-refractivity contribution in [3.8, 4) is 0 Å². The zero-order chi connectivity index (χ0) is 14.2. The first kappa shape index (κ1) is 13.5. The number of benzene rings is 1. The zero-order valence-corrected chi connectivity index (χ0v) is 12.1. The number of piperidine rings is 1. The van der Waals surface area contributed by atoms with E-state index in [0.717, 1.165) is 25.7 Å². The van der Waals surface area contributed by atoms with Crippen LogP contribution >= 0.6 is 0 Å². The molecular weight excluding hydrogens is 278 g/mol. The Morgan fingerprint density at radius 3 is 3.00 bits per heavy atom. The van der Waals surface area contributed by atoms with E-state index >= 15 is 0 Å². The summed E-state index contributed by atoms with van der Waals surface area (Å²) in [6.07, 6.45) is 3.73. The third-order valence-corrected chi connectivity index (χ3v) is 5.86. The Bertz CT molecular complexity index is 710. The molecule has 0 radical (unpaired) electrons. The van der Waals surface area contributed by atoms with Gasteiger partial charge in [0, 0.05) is 12.6 Å². The highest BCUT2D eigenvalue weighted by Gasteiger charge is 2.34. The minimum atomic E-state index is -3.55. The van der Waals surface area contributed by atoms with Crippen LogP contribution in [0.3, 0.4) is 0 Å². The van der Waals surface area contributed by atoms with E-state index in [1.807, 2.05) is 6.92 Å². The van der Waals surface area contributed by atoms with Crippen LogP contribution in [0, 0.1) is 0 Å². The molecule has 2 heterocycles. The fourth-order valence-electron chi connectivity index (χ4n) is 2.81. The molecule has 0 unspecified atom stereocenters. The number of rotatable bonds is 3. The van der Waals surface area contributed by atoms with E-state index in [9.17, 15) is 8.42 Å². The van der Waals surface area contributed by atoms with Crippen molar-refractivity contribution in [3.63, 3.8) is 0 Å². The molecule has 1 aromatic carbocycles. The zero-order valence-electron chi connectivity index (χ0n) is 11.3. The predicted octanol–water partition coefficient (Wildman–Crippen LogP) is 2.18. The number of hydrogen-bond acceptors (Lipinski definition) is 5. The van der Waals surface area contributed by atoms with Crippen molar-refractivity contribution < 1.29 is 13.0 Å². The normalized spacial score (nSPS) is 21.4. The molecule has 1 fully saturated rings. The van der Waals surface area contributed by atoms with Gasteiger partial charge in [-0.05, 0) is 41.7 Å². The fourth-order valence-corrected chi connectivity index (χ4v) is 4.72. The topological polar surface area (TPSA) is 76.3 Å². The van der Waals surface area contributed by atoms with E-state index in [2.05, 4.69) is 14.9 Å². The summed E-state index contributed by atoms with van der Waals surface area (Å²) in [7, 11) is -3.55. The van der Waals surface area contributed by atoms with Gasteiger partial charge in [-0.3, -0.25) is 0 Å². The molecule has 1 saturated heterocycles. The second-order valence-electron chi connectivity index (χ2n) is 5.06. The number of aromatic nitrogens is 2. The Morgan fingerprint density at radius 1 is 1.35 bits per heavy atom. The summed E-state index contributed by atoms with van der Waals surface area (Å²) in [5.41, 5.74) is 0.782. The first-order chi connectivity index (χ1) is 9.64. The lowest BCUT2D eigenvalue weighted by Crippen LogP contribution is -2.43. The van der Waals surface area contributed by atoms with Crippen LogP contribution in [0.1, 0.15) is 32.6 Å². The molecule has 1 atom stereocenters. The Hall–Kier alpha value is -1.47. The van der Waals surface area contributed by atoms with Crippen molar-refractivity contribution >= 4 is 21.1 Å². The van der Waals surface area contributed by atoms with Crippen molar-refractivity contribution in [2.45, 2.75) is 43.5 Å². The SMILES string of the molecule is CC[C@@H]1CCCCN1S(=O)(=O)c1cccc2nonc12. The Kier molecular flexibility index (Phi) is 3.47. The monoisotopic (exact) mass is 295 g/mol. The van der Waals surface area contributed by atoms with Crippen LogP contribution in [-0.4, -0.2) is 35.6 Å². The molecule has 0 bridgehead atoms. The maximum Gasteiger partial charge on any atom is 0.245 e. The Morgan fingerprint density at radius 2 is 2.20 bits per heavy atom. The van der Waals surface area contributed by atoms with Gasteiger partial charge in [0.05, 0.1) is 0 Å². The summed E-state index contributed by atoms with van der Waals surface area (Å²) in [5, 5.41) is 7.45. The third kappa shape index (κ3) is 2.10. The number of fused-ring (bicyclic) bond motifs is 1. The molecule has 0 aliphatic carbocycles. The van der Waals surface area contributed by atoms with Crippen molar-refractivity contribution in [2.24, 2.45) is 0 Å². The molecule has 3 rings (SSSR count). The first-order valence-corrected chi connectivity index (χ1v) is 8.31. The second-order valence-corrected chi connectivity index (χ2v) is 6.92. The van der Waals surface area contributed by atoms with Gasteiger partial charge in [-0.25, -0.2) is 13.0 Å². The van der Waals surface area contributed by atoms with Gasteiger partial charge in [-0.1, -0.05) is 19.4 Å². The molecule has 0 spiro atoms. The highest BCUT2D eigenvalue weighted by Crippen LogP contribution is 2.29. The largest absolute Gasteiger partial charge is 0.245 e. The molecule has 108 valence electrons. The molecule has 0 amide bonds. The summed E-state index contributed by atoms with van der Waals surface area (Å²) in [4.78, 5) is 0.191. The van der Waals surface area contributed by atoms with Gasteiger partial charge in [0.25, 0.3) is 0 Å². The van der Waals surface area contributed by atoms with Crippen molar-refractivity contribution in [3.05, 3.63) is 18.2 Å². The first-order valence-electron chi connectivity index (χ1n) is 6.87. The third-order valence-electron chi connectivity index (χ3n) is 3.88. The fraction of sp³-hybridized carbons (Fsp3) is 0.538. The van der Waals surface area contributed by atoms with Crippen LogP contribution in [0.5, 0.6) is 0 Å². The number of hydrogen-bond donors (Lipinski definition) is 0. The van der Waals surface area contributed by atoms with E-state index in [1.54, 1.807) is 22.5 Å². The lowest BCUT2D eigenvalue weighted by atomic mass is 10.0. The van der Waals surface area contributed by atoms with Gasteiger partial charge in [0.15, 0.2) is 5.52 Å². The minimum absolute atomic E-state index is 0.0730. The van der Waals surface area contributed by atoms with Gasteiger partial charge in [0.1, 0.15) is 10.4 Å². The number of sulfonamides is 1. The van der Waals surface area contributed by atoms with E-state index in [1.165, 1.54) is 0 Å². The molecule has 20 heavy (non-hydrogen) atoms. The van der Waals surface area contributed by atoms with Gasteiger partial charge < -0.3 is 0 Å². The average Bonchev–Trinajstić information content (AvgIpc) is 2.95. The lowest BCUT2D eigenvalue weighted by Gasteiger charge is -2.34. The smallest absolute Gasteiger partial charge is 0.243 e. The summed E-state index contributed by atoms with van der Waals surface area (Å²) in [6.45, 7) is 2.60. The van der Waals surface area contributed by atoms with Gasteiger partial charge >= 0.3 is 0 Å². The van der Waals surface area contributed by atoms with Crippen LogP contribution in [0.25, 0.3) is 11.0 Å². The van der Waals surface area contributed by atoms with Crippen molar-refractivity contribution in [1.82, 2.24) is 14.6 Å². The maximum absolute atomic E-state index is 12.9. The number of nitrogens with zero attached hydrogens (tertiary/aromatic N) is 3. The molecular formula is C13H17N3O3S.